The van der Waals surface area contributed by atoms with Crippen molar-refractivity contribution in [2.75, 3.05) is 0 Å². The van der Waals surface area contributed by atoms with Crippen LogP contribution in [0.5, 0.6) is 0 Å². The van der Waals surface area contributed by atoms with Crippen molar-refractivity contribution in [3.05, 3.63) is 24.3 Å². The summed E-state index contributed by atoms with van der Waals surface area (Å²) in [6.45, 7) is 0. The van der Waals surface area contributed by atoms with E-state index in [0.29, 0.717) is 0 Å². The smallest absolute Gasteiger partial charge is 0.198 e. The van der Waals surface area contributed by atoms with Gasteiger partial charge in [0.25, 0.3) is 0 Å². The highest BCUT2D eigenvalue weighted by molar-refractivity contribution is 7.97. The van der Waals surface area contributed by atoms with Gasteiger partial charge in [-0.05, 0) is 12.2 Å². The lowest BCUT2D eigenvalue weighted by atomic mass is 10.3. The molecule has 0 aromatic rings. The van der Waals surface area contributed by atoms with Gasteiger partial charge in [0, 0.05) is 11.8 Å². The largest absolute Gasteiger partial charge is 0.224 e. The molecule has 0 N–H and O–H groups in total. The van der Waals surface area contributed by atoms with E-state index < -0.39 is 18.2 Å². The Bertz CT molecular complexity index is 429. The maximum atomic E-state index is 11.9. The molecule has 2 bridgehead atoms. The van der Waals surface area contributed by atoms with Gasteiger partial charge in [-0.1, -0.05) is 23.8 Å². The van der Waals surface area contributed by atoms with Crippen LogP contribution in [0.2, 0.25) is 0 Å². The summed E-state index contributed by atoms with van der Waals surface area (Å²) in [5.41, 5.74) is 0. The number of alkyl halides is 2. The summed E-state index contributed by atoms with van der Waals surface area (Å²) in [5, 5.41) is 0. The molecule has 1 aliphatic carbocycles. The molecule has 0 saturated heterocycles. The molecule has 2 atom stereocenters. The van der Waals surface area contributed by atoms with Crippen molar-refractivity contribution in [1.82, 2.24) is 0 Å². The van der Waals surface area contributed by atoms with E-state index in [1.807, 2.05) is 12.2 Å². The van der Waals surface area contributed by atoms with Crippen molar-refractivity contribution in [2.45, 2.75) is 8.41 Å². The summed E-state index contributed by atoms with van der Waals surface area (Å²) < 4.78 is 21.3. The lowest BCUT2D eigenvalue weighted by molar-refractivity contribution is 0.579. The fraction of sp³-hybridized carbons (Fsp3) is 0.500. The average Bonchev–Trinajstić information content (AvgIpc) is 2.68. The topological polar surface area (TPSA) is 34.1 Å². The molecule has 2 nitrogen and oxygen atoms in total. The van der Waals surface area contributed by atoms with Gasteiger partial charge < -0.3 is 0 Å². The maximum absolute atomic E-state index is 11.9. The first kappa shape index (κ1) is 8.33. The lowest BCUT2D eigenvalue weighted by Crippen LogP contribution is -2.41. The van der Waals surface area contributed by atoms with Gasteiger partial charge in [0.15, 0.2) is 18.2 Å². The molecule has 70 valence electrons. The first-order valence-electron chi connectivity index (χ1n) is 3.94. The molecule has 0 aromatic carbocycles. The van der Waals surface area contributed by atoms with Gasteiger partial charge in [0.05, 0.1) is 0 Å². The van der Waals surface area contributed by atoms with Crippen molar-refractivity contribution in [2.24, 2.45) is 11.8 Å². The lowest BCUT2D eigenvalue weighted by Gasteiger charge is -2.28. The number of halogens is 2. The second-order valence-corrected chi connectivity index (χ2v) is 7.73. The van der Waals surface area contributed by atoms with Gasteiger partial charge in [-0.15, -0.1) is 11.6 Å². The molecule has 2 aliphatic heterocycles. The average molecular weight is 237 g/mol. The molecular formula is C8H6Cl2O2S. The second-order valence-electron chi connectivity index (χ2n) is 3.67. The number of hydrogen-bond acceptors (Lipinski definition) is 2. The monoisotopic (exact) mass is 236 g/mol. The summed E-state index contributed by atoms with van der Waals surface area (Å²) in [7, 11) is -3.47. The first-order chi connectivity index (χ1) is 5.93. The van der Waals surface area contributed by atoms with Crippen LogP contribution >= 0.6 is 23.2 Å². The highest BCUT2D eigenvalue weighted by Crippen LogP contribution is 2.69. The third-order valence-corrected chi connectivity index (χ3v) is 7.51. The van der Waals surface area contributed by atoms with Crippen molar-refractivity contribution < 1.29 is 8.42 Å². The molecule has 1 fully saturated rings. The van der Waals surface area contributed by atoms with Crippen LogP contribution in [0, 0.1) is 11.8 Å². The number of rotatable bonds is 0. The quantitative estimate of drug-likeness (QED) is 0.474. The molecule has 3 aliphatic rings. The summed E-state index contributed by atoms with van der Waals surface area (Å²) in [5.74, 6) is -0.158. The standard InChI is InChI=1S/C8H6Cl2O2S/c9-7-3-1-5-6(2-4-7)8(5,10)13(7,11)12/h1-6H/t5-,6-,7?,8?/m0/s1. The molecule has 0 unspecified atom stereocenters. The Morgan fingerprint density at radius 2 is 1.54 bits per heavy atom. The van der Waals surface area contributed by atoms with E-state index in [1.54, 1.807) is 0 Å². The Kier molecular flexibility index (Phi) is 1.19. The minimum Gasteiger partial charge on any atom is -0.224 e. The zero-order valence-electron chi connectivity index (χ0n) is 6.44. The maximum Gasteiger partial charge on any atom is 0.198 e. The summed E-state index contributed by atoms with van der Waals surface area (Å²) in [4.78, 5) is 0. The number of allylic oxidation sites excluding steroid dienone is 2. The predicted octanol–water partition coefficient (Wildman–Crippen LogP) is 1.66. The van der Waals surface area contributed by atoms with Crippen molar-refractivity contribution >= 4 is 33.0 Å². The van der Waals surface area contributed by atoms with E-state index in [9.17, 15) is 8.42 Å². The van der Waals surface area contributed by atoms with Gasteiger partial charge in [-0.3, -0.25) is 0 Å². The Hall–Kier alpha value is 0.01000. The molecule has 0 aromatic heterocycles. The van der Waals surface area contributed by atoms with E-state index in [2.05, 4.69) is 0 Å². The molecule has 5 heteroatoms. The Balaban J connectivity index is 2.41. The molecule has 13 heavy (non-hydrogen) atoms. The van der Waals surface area contributed by atoms with E-state index in [0.717, 1.165) is 0 Å². The van der Waals surface area contributed by atoms with Gasteiger partial charge in [0.2, 0.25) is 0 Å². The molecule has 3 rings (SSSR count). The molecule has 0 spiro atoms. The zero-order chi connectivity index (χ0) is 9.48. The van der Waals surface area contributed by atoms with Gasteiger partial charge >= 0.3 is 0 Å². The van der Waals surface area contributed by atoms with E-state index >= 15 is 0 Å². The number of fused-ring (bicyclic) bond motifs is 2. The van der Waals surface area contributed by atoms with E-state index in [1.165, 1.54) is 12.2 Å². The SMILES string of the molecule is O=S1(=O)C2(Cl)C=C[C@H]3[C@H](C=C2)C31Cl. The van der Waals surface area contributed by atoms with E-state index in [-0.39, 0.29) is 11.8 Å². The highest BCUT2D eigenvalue weighted by atomic mass is 35.5. The molecule has 1 saturated carbocycles. The van der Waals surface area contributed by atoms with Crippen molar-refractivity contribution in [3.63, 3.8) is 0 Å². The molecular weight excluding hydrogens is 231 g/mol. The van der Waals surface area contributed by atoms with Crippen LogP contribution in [0.4, 0.5) is 0 Å². The second kappa shape index (κ2) is 1.86. The summed E-state index contributed by atoms with van der Waals surface area (Å²) >= 11 is 12.0. The fourth-order valence-corrected chi connectivity index (χ4v) is 5.67. The van der Waals surface area contributed by atoms with Crippen LogP contribution in [0.15, 0.2) is 24.3 Å². The van der Waals surface area contributed by atoms with Crippen LogP contribution in [-0.4, -0.2) is 16.8 Å². The van der Waals surface area contributed by atoms with Crippen molar-refractivity contribution in [1.29, 1.82) is 0 Å². The molecule has 2 heterocycles. The van der Waals surface area contributed by atoms with Crippen LogP contribution in [0.1, 0.15) is 0 Å². The third-order valence-electron chi connectivity index (χ3n) is 3.07. The van der Waals surface area contributed by atoms with Gasteiger partial charge in [-0.25, -0.2) is 8.42 Å². The van der Waals surface area contributed by atoms with Crippen LogP contribution in [0.25, 0.3) is 0 Å². The van der Waals surface area contributed by atoms with Crippen LogP contribution < -0.4 is 0 Å². The Labute approximate surface area is 86.1 Å². The molecule has 0 radical (unpaired) electrons. The van der Waals surface area contributed by atoms with Crippen LogP contribution in [0.3, 0.4) is 0 Å². The zero-order valence-corrected chi connectivity index (χ0v) is 8.77. The molecule has 0 amide bonds. The first-order valence-corrected chi connectivity index (χ1v) is 6.18. The number of sulfone groups is 1. The summed E-state index contributed by atoms with van der Waals surface area (Å²) in [6.07, 6.45) is 6.68. The predicted molar refractivity (Wildman–Crippen MR) is 51.3 cm³/mol. The van der Waals surface area contributed by atoms with Crippen molar-refractivity contribution in [3.8, 4) is 0 Å². The normalized spacial score (nSPS) is 59.2. The summed E-state index contributed by atoms with van der Waals surface area (Å²) in [6, 6.07) is 0. The number of hydrogen-bond donors (Lipinski definition) is 0. The van der Waals surface area contributed by atoms with Crippen LogP contribution in [-0.2, 0) is 9.84 Å². The minimum atomic E-state index is -3.47. The van der Waals surface area contributed by atoms with Gasteiger partial charge in [0.1, 0.15) is 0 Å². The fourth-order valence-electron chi connectivity index (χ4n) is 2.19. The third kappa shape index (κ3) is 0.621. The Morgan fingerprint density at radius 3 is 1.92 bits per heavy atom. The van der Waals surface area contributed by atoms with Gasteiger partial charge in [-0.2, -0.15) is 0 Å². The minimum absolute atomic E-state index is 0.0789. The van der Waals surface area contributed by atoms with E-state index in [4.69, 9.17) is 23.2 Å². The highest BCUT2D eigenvalue weighted by Gasteiger charge is 2.77. The Morgan fingerprint density at radius 1 is 1.08 bits per heavy atom.